The van der Waals surface area contributed by atoms with E-state index in [0.29, 0.717) is 89.9 Å². The fourth-order valence-electron chi connectivity index (χ4n) is 9.38. The number of nitrogens with one attached hydrogen (secondary N) is 3. The first-order valence-electron chi connectivity index (χ1n) is 22.3. The third-order valence-electron chi connectivity index (χ3n) is 13.1. The molecule has 3 amide bonds. The van der Waals surface area contributed by atoms with Gasteiger partial charge in [0, 0.05) is 48.9 Å². The van der Waals surface area contributed by atoms with Gasteiger partial charge in [0.05, 0.1) is 31.0 Å². The Hall–Kier alpha value is -4.45. The van der Waals surface area contributed by atoms with Crippen molar-refractivity contribution in [2.24, 2.45) is 23.2 Å². The Morgan fingerprint density at radius 3 is 2.44 bits per heavy atom. The molecule has 2 saturated heterocycles. The van der Waals surface area contributed by atoms with Crippen LogP contribution < -0.4 is 25.4 Å². The molecule has 1 aromatic carbocycles. The Labute approximate surface area is 377 Å². The molecule has 0 radical (unpaired) electrons. The number of benzene rings is 1. The SMILES string of the molecule is CCC1C[C@]1(NC(=O)[C@@H]1C[C@@H](Oc2cc(OCCN3CCOCC3)c(Cl)c3nc(-c4csc(NC(C)C)n4)ccc23)CN1C(=O)[C@@H](NC(=O)O[C@@H]1C[C@@H]2C[C@@H]2C1)C(C)(C)C)C(=O)O. The number of thiazole rings is 1. The van der Waals surface area contributed by atoms with Crippen LogP contribution in [0.5, 0.6) is 11.5 Å². The fourth-order valence-corrected chi connectivity index (χ4v) is 10.5. The van der Waals surface area contributed by atoms with Crippen LogP contribution >= 0.6 is 22.9 Å². The first kappa shape index (κ1) is 45.1. The van der Waals surface area contributed by atoms with Crippen LogP contribution in [-0.4, -0.2) is 131 Å². The van der Waals surface area contributed by atoms with E-state index in [1.807, 2.05) is 59.1 Å². The minimum atomic E-state index is -1.42. The van der Waals surface area contributed by atoms with Crippen molar-refractivity contribution < 1.29 is 43.2 Å². The van der Waals surface area contributed by atoms with Gasteiger partial charge in [-0.3, -0.25) is 14.5 Å². The molecule has 3 aliphatic carbocycles. The number of carboxylic acid groups (broad SMARTS) is 1. The molecule has 18 heteroatoms. The van der Waals surface area contributed by atoms with Crippen molar-refractivity contribution in [2.75, 3.05) is 51.3 Å². The predicted molar refractivity (Wildman–Crippen MR) is 238 cm³/mol. The van der Waals surface area contributed by atoms with Crippen molar-refractivity contribution in [3.8, 4) is 22.9 Å². The van der Waals surface area contributed by atoms with Crippen molar-refractivity contribution in [3.05, 3.63) is 28.6 Å². The molecule has 5 aliphatic rings. The number of fused-ring (bicyclic) bond motifs is 2. The lowest BCUT2D eigenvalue weighted by Crippen LogP contribution is -2.59. The summed E-state index contributed by atoms with van der Waals surface area (Å²) in [6.45, 7) is 15.3. The van der Waals surface area contributed by atoms with E-state index >= 15 is 0 Å². The summed E-state index contributed by atoms with van der Waals surface area (Å²) in [5.74, 6) is -0.504. The Morgan fingerprint density at radius 1 is 1.03 bits per heavy atom. The van der Waals surface area contributed by atoms with Gasteiger partial charge in [-0.25, -0.2) is 19.6 Å². The molecular weight excluding hydrogens is 850 g/mol. The summed E-state index contributed by atoms with van der Waals surface area (Å²) >= 11 is 8.59. The van der Waals surface area contributed by atoms with Gasteiger partial charge < -0.3 is 44.9 Å². The number of carbonyl (C=O) groups is 4. The lowest BCUT2D eigenvalue weighted by molar-refractivity contribution is -0.146. The highest BCUT2D eigenvalue weighted by atomic mass is 35.5. The Kier molecular flexibility index (Phi) is 13.0. The molecular formula is C45H60ClN7O9S. The second kappa shape index (κ2) is 18.2. The number of nitrogens with zero attached hydrogens (tertiary/aromatic N) is 4. The highest BCUT2D eigenvalue weighted by Gasteiger charge is 2.61. The van der Waals surface area contributed by atoms with Crippen LogP contribution in [-0.2, 0) is 23.9 Å². The number of likely N-dealkylation sites (tertiary alicyclic amines) is 1. The summed E-state index contributed by atoms with van der Waals surface area (Å²) in [5, 5.41) is 22.8. The van der Waals surface area contributed by atoms with E-state index in [1.54, 1.807) is 6.07 Å². The molecule has 2 aromatic heterocycles. The molecule has 5 fully saturated rings. The van der Waals surface area contributed by atoms with Crippen molar-refractivity contribution in [1.29, 1.82) is 0 Å². The van der Waals surface area contributed by atoms with Crippen molar-refractivity contribution in [2.45, 2.75) is 116 Å². The minimum absolute atomic E-state index is 0.0310. The van der Waals surface area contributed by atoms with Gasteiger partial charge in [-0.15, -0.1) is 11.3 Å². The van der Waals surface area contributed by atoms with Gasteiger partial charge in [0.1, 0.15) is 58.7 Å². The summed E-state index contributed by atoms with van der Waals surface area (Å²) in [5.41, 5.74) is -0.500. The number of amides is 3. The quantitative estimate of drug-likeness (QED) is 0.127. The summed E-state index contributed by atoms with van der Waals surface area (Å²) < 4.78 is 24.4. The molecule has 2 aliphatic heterocycles. The lowest BCUT2D eigenvalue weighted by Gasteiger charge is -2.35. The number of anilines is 1. The van der Waals surface area contributed by atoms with Crippen LogP contribution in [0.3, 0.4) is 0 Å². The molecule has 4 heterocycles. The van der Waals surface area contributed by atoms with E-state index in [1.165, 1.54) is 22.7 Å². The van der Waals surface area contributed by atoms with Crippen LogP contribution in [0, 0.1) is 23.2 Å². The smallest absolute Gasteiger partial charge is 0.408 e. The molecule has 3 saturated carbocycles. The number of rotatable bonds is 16. The monoisotopic (exact) mass is 909 g/mol. The van der Waals surface area contributed by atoms with Gasteiger partial charge in [0.25, 0.3) is 0 Å². The Balaban J connectivity index is 1.09. The van der Waals surface area contributed by atoms with Crippen LogP contribution in [0.4, 0.5) is 9.93 Å². The first-order valence-corrected chi connectivity index (χ1v) is 23.6. The average Bonchev–Trinajstić information content (AvgIpc) is 3.91. The third-order valence-corrected chi connectivity index (χ3v) is 14.3. The summed E-state index contributed by atoms with van der Waals surface area (Å²) in [4.78, 5) is 68.4. The summed E-state index contributed by atoms with van der Waals surface area (Å²) in [6.07, 6.45) is 2.11. The van der Waals surface area contributed by atoms with Gasteiger partial charge in [-0.05, 0) is 74.8 Å². The number of alkyl carbamates (subject to hydrolysis) is 1. The molecule has 1 unspecified atom stereocenters. The maximum atomic E-state index is 14.8. The van der Waals surface area contributed by atoms with Crippen molar-refractivity contribution in [1.82, 2.24) is 30.4 Å². The summed E-state index contributed by atoms with van der Waals surface area (Å²) in [7, 11) is 0. The van der Waals surface area contributed by atoms with Crippen LogP contribution in [0.25, 0.3) is 22.3 Å². The molecule has 16 nitrogen and oxygen atoms in total. The number of hydrogen-bond donors (Lipinski definition) is 4. The number of carbonyl (C=O) groups excluding carboxylic acids is 3. The zero-order valence-electron chi connectivity index (χ0n) is 36.9. The fraction of sp³-hybridized carbons (Fsp3) is 0.644. The summed E-state index contributed by atoms with van der Waals surface area (Å²) in [6, 6.07) is 3.45. The number of carboxylic acids is 1. The van der Waals surface area contributed by atoms with E-state index in [-0.39, 0.29) is 31.0 Å². The molecule has 8 rings (SSSR count). The lowest BCUT2D eigenvalue weighted by atomic mass is 9.85. The number of aliphatic carboxylic acids is 1. The van der Waals surface area contributed by atoms with E-state index < -0.39 is 53.0 Å². The van der Waals surface area contributed by atoms with Gasteiger partial charge in [0.2, 0.25) is 11.8 Å². The molecule has 8 atom stereocenters. The first-order chi connectivity index (χ1) is 30.0. The number of aromatic nitrogens is 2. The molecule has 0 spiro atoms. The number of hydrogen-bond acceptors (Lipinski definition) is 13. The van der Waals surface area contributed by atoms with Crippen molar-refractivity contribution in [3.63, 3.8) is 0 Å². The molecule has 3 aromatic rings. The number of pyridine rings is 1. The van der Waals surface area contributed by atoms with Crippen LogP contribution in [0.15, 0.2) is 23.6 Å². The Bertz CT molecular complexity index is 2200. The normalized spacial score (nSPS) is 27.1. The van der Waals surface area contributed by atoms with Crippen LogP contribution in [0.2, 0.25) is 5.02 Å². The predicted octanol–water partition coefficient (Wildman–Crippen LogP) is 6.20. The van der Waals surface area contributed by atoms with Crippen molar-refractivity contribution >= 4 is 62.8 Å². The second-order valence-corrected chi connectivity index (χ2v) is 20.4. The topological polar surface area (TPSA) is 194 Å². The molecule has 63 heavy (non-hydrogen) atoms. The number of morpholine rings is 1. The standard InChI is InChI=1S/C45H60ClN7O9S/c1-7-27-21-45(27,41(56)57)51-39(54)33-19-29(22-53(33)40(55)38(44(4,5)6)50-43(58)62-28-17-25-16-26(25)18-28)61-34-20-35(60-15-12-52-10-13-59-14-11-52)36(46)37-30(34)8-9-31(48-37)32-23-63-42(49-32)47-24(2)3/h8-9,20,23-29,33,38H,7,10-19,21-22H2,1-6H3,(H,47,49)(H,50,58)(H,51,54)(H,56,57)/t25-,26+,27?,28+,29-,33+,38-,45-/m1/s1. The van der Waals surface area contributed by atoms with Gasteiger partial charge in [0.15, 0.2) is 5.13 Å². The van der Waals surface area contributed by atoms with Gasteiger partial charge in [-0.2, -0.15) is 0 Å². The van der Waals surface area contributed by atoms with E-state index in [9.17, 15) is 24.3 Å². The largest absolute Gasteiger partial charge is 0.490 e. The zero-order valence-corrected chi connectivity index (χ0v) is 38.5. The molecule has 0 bridgehead atoms. The maximum Gasteiger partial charge on any atom is 0.408 e. The van der Waals surface area contributed by atoms with E-state index in [4.69, 9.17) is 40.5 Å². The maximum absolute atomic E-state index is 14.8. The molecule has 342 valence electrons. The zero-order chi connectivity index (χ0) is 44.8. The highest BCUT2D eigenvalue weighted by molar-refractivity contribution is 7.14. The highest BCUT2D eigenvalue weighted by Crippen LogP contribution is 2.52. The number of ether oxygens (including phenoxy) is 4. The van der Waals surface area contributed by atoms with E-state index in [2.05, 4.69) is 20.9 Å². The minimum Gasteiger partial charge on any atom is -0.490 e. The van der Waals surface area contributed by atoms with Gasteiger partial charge >= 0.3 is 12.1 Å². The molecule has 4 N–H and O–H groups in total. The van der Waals surface area contributed by atoms with Gasteiger partial charge in [-0.1, -0.05) is 45.7 Å². The van der Waals surface area contributed by atoms with Crippen LogP contribution in [0.1, 0.15) is 80.1 Å². The van der Waals surface area contributed by atoms with E-state index in [0.717, 1.165) is 31.1 Å². The second-order valence-electron chi connectivity index (χ2n) is 19.2. The Morgan fingerprint density at radius 2 is 1.78 bits per heavy atom. The average molecular weight is 911 g/mol. The number of halogens is 1. The third kappa shape index (κ3) is 9.96.